The zero-order valence-electron chi connectivity index (χ0n) is 16.5. The van der Waals surface area contributed by atoms with Gasteiger partial charge in [0.25, 0.3) is 0 Å². The molecule has 0 aromatic heterocycles. The van der Waals surface area contributed by atoms with Crippen LogP contribution in [0.15, 0.2) is 48.5 Å². The lowest BCUT2D eigenvalue weighted by Crippen LogP contribution is -2.31. The van der Waals surface area contributed by atoms with E-state index in [1.807, 2.05) is 38.1 Å². The van der Waals surface area contributed by atoms with E-state index in [1.54, 1.807) is 24.3 Å². The number of ether oxygens (including phenoxy) is 1. The first-order chi connectivity index (χ1) is 14.0. The lowest BCUT2D eigenvalue weighted by atomic mass is 10.2. The highest BCUT2D eigenvalue weighted by Gasteiger charge is 2.39. The van der Waals surface area contributed by atoms with Gasteiger partial charge in [-0.15, -0.1) is 11.8 Å². The third kappa shape index (κ3) is 5.38. The van der Waals surface area contributed by atoms with E-state index in [2.05, 4.69) is 5.32 Å². The van der Waals surface area contributed by atoms with E-state index in [0.29, 0.717) is 23.8 Å². The predicted molar refractivity (Wildman–Crippen MR) is 115 cm³/mol. The molecule has 1 fully saturated rings. The van der Waals surface area contributed by atoms with Crippen LogP contribution in [-0.2, 0) is 14.4 Å². The van der Waals surface area contributed by atoms with E-state index < -0.39 is 5.25 Å². The maximum Gasteiger partial charge on any atom is 0.247 e. The topological polar surface area (TPSA) is 75.7 Å². The summed E-state index contributed by atoms with van der Waals surface area (Å²) in [5.74, 6) is 0.601. The van der Waals surface area contributed by atoms with E-state index in [4.69, 9.17) is 4.74 Å². The molecule has 3 rings (SSSR count). The Labute approximate surface area is 174 Å². The van der Waals surface area contributed by atoms with Crippen LogP contribution in [0.5, 0.6) is 5.75 Å². The Morgan fingerprint density at radius 3 is 2.48 bits per heavy atom. The van der Waals surface area contributed by atoms with E-state index in [0.717, 1.165) is 11.3 Å². The molecule has 29 heavy (non-hydrogen) atoms. The molecule has 6 nitrogen and oxygen atoms in total. The average Bonchev–Trinajstić information content (AvgIpc) is 2.98. The molecule has 152 valence electrons. The molecule has 1 saturated heterocycles. The molecule has 2 aromatic rings. The van der Waals surface area contributed by atoms with Gasteiger partial charge in [-0.2, -0.15) is 0 Å². The average molecular weight is 413 g/mol. The van der Waals surface area contributed by atoms with Crippen LogP contribution in [-0.4, -0.2) is 35.3 Å². The van der Waals surface area contributed by atoms with E-state index in [-0.39, 0.29) is 30.6 Å². The molecule has 0 bridgehead atoms. The van der Waals surface area contributed by atoms with E-state index >= 15 is 0 Å². The number of amides is 3. The molecule has 0 unspecified atom stereocenters. The first-order valence-electron chi connectivity index (χ1n) is 9.55. The fourth-order valence-corrected chi connectivity index (χ4v) is 4.11. The van der Waals surface area contributed by atoms with Crippen molar-refractivity contribution >= 4 is 40.9 Å². The van der Waals surface area contributed by atoms with E-state index in [9.17, 15) is 14.4 Å². The summed E-state index contributed by atoms with van der Waals surface area (Å²) >= 11 is 1.35. The van der Waals surface area contributed by atoms with Crippen molar-refractivity contribution in [1.82, 2.24) is 0 Å². The van der Waals surface area contributed by atoms with Crippen LogP contribution in [0.3, 0.4) is 0 Å². The molecule has 0 saturated carbocycles. The van der Waals surface area contributed by atoms with Crippen LogP contribution < -0.4 is 15.0 Å². The second-order valence-electron chi connectivity index (χ2n) is 6.72. The number of benzene rings is 2. The third-order valence-corrected chi connectivity index (χ3v) is 5.71. The number of carbonyl (C=O) groups excluding carboxylic acids is 3. The van der Waals surface area contributed by atoms with Crippen molar-refractivity contribution in [3.05, 3.63) is 54.1 Å². The van der Waals surface area contributed by atoms with Gasteiger partial charge in [-0.3, -0.25) is 14.4 Å². The van der Waals surface area contributed by atoms with Gasteiger partial charge in [0.2, 0.25) is 17.7 Å². The summed E-state index contributed by atoms with van der Waals surface area (Å²) < 4.78 is 5.39. The SMILES string of the molecule is CCOc1ccc(N2C(=O)C[C@@H](SCCC(=O)Nc3ccc(C)cc3)C2=O)cc1. The number of imide groups is 1. The molecule has 2 aromatic carbocycles. The van der Waals surface area contributed by atoms with Crippen LogP contribution in [0, 0.1) is 6.92 Å². The van der Waals surface area contributed by atoms with Crippen molar-refractivity contribution in [2.75, 3.05) is 22.6 Å². The Balaban J connectivity index is 1.50. The van der Waals surface area contributed by atoms with Crippen LogP contribution in [0.1, 0.15) is 25.3 Å². The molecule has 1 heterocycles. The Morgan fingerprint density at radius 1 is 1.14 bits per heavy atom. The molecule has 1 atom stereocenters. The molecule has 1 aliphatic heterocycles. The van der Waals surface area contributed by atoms with Gasteiger partial charge in [0.1, 0.15) is 5.75 Å². The van der Waals surface area contributed by atoms with Crippen molar-refractivity contribution in [2.45, 2.75) is 31.9 Å². The van der Waals surface area contributed by atoms with Crippen LogP contribution in [0.4, 0.5) is 11.4 Å². The summed E-state index contributed by atoms with van der Waals surface area (Å²) in [6.45, 7) is 4.43. The zero-order valence-corrected chi connectivity index (χ0v) is 17.3. The predicted octanol–water partition coefficient (Wildman–Crippen LogP) is 3.79. The fourth-order valence-electron chi connectivity index (χ4n) is 3.02. The molecule has 0 radical (unpaired) electrons. The standard InChI is InChI=1S/C22H24N2O4S/c1-3-28-18-10-8-17(9-11-18)24-21(26)14-19(22(24)27)29-13-12-20(25)23-16-6-4-15(2)5-7-16/h4-11,19H,3,12-14H2,1-2H3,(H,23,25)/t19-/m1/s1. The molecule has 3 amide bonds. The molecule has 7 heteroatoms. The molecule has 0 spiro atoms. The molecule has 1 N–H and O–H groups in total. The van der Waals surface area contributed by atoms with Gasteiger partial charge in [-0.05, 0) is 50.2 Å². The smallest absolute Gasteiger partial charge is 0.247 e. The van der Waals surface area contributed by atoms with E-state index in [1.165, 1.54) is 16.7 Å². The fraction of sp³-hybridized carbons (Fsp3) is 0.318. The number of nitrogens with one attached hydrogen (secondary N) is 1. The number of aryl methyl sites for hydroxylation is 1. The maximum absolute atomic E-state index is 12.7. The highest BCUT2D eigenvalue weighted by atomic mass is 32.2. The first-order valence-corrected chi connectivity index (χ1v) is 10.6. The highest BCUT2D eigenvalue weighted by molar-refractivity contribution is 8.00. The van der Waals surface area contributed by atoms with Crippen molar-refractivity contribution in [3.63, 3.8) is 0 Å². The van der Waals surface area contributed by atoms with Crippen molar-refractivity contribution < 1.29 is 19.1 Å². The maximum atomic E-state index is 12.7. The van der Waals surface area contributed by atoms with Crippen molar-refractivity contribution in [2.24, 2.45) is 0 Å². The largest absolute Gasteiger partial charge is 0.494 e. The minimum Gasteiger partial charge on any atom is -0.494 e. The van der Waals surface area contributed by atoms with Gasteiger partial charge < -0.3 is 10.1 Å². The minimum atomic E-state index is -0.457. The molecular weight excluding hydrogens is 388 g/mol. The molecule has 0 aliphatic carbocycles. The summed E-state index contributed by atoms with van der Waals surface area (Å²) in [6, 6.07) is 14.5. The second kappa shape index (κ2) is 9.60. The summed E-state index contributed by atoms with van der Waals surface area (Å²) in [5, 5.41) is 2.38. The summed E-state index contributed by atoms with van der Waals surface area (Å²) in [6.07, 6.45) is 0.426. The zero-order chi connectivity index (χ0) is 20.8. The minimum absolute atomic E-state index is 0.110. The van der Waals surface area contributed by atoms with Crippen LogP contribution >= 0.6 is 11.8 Å². The lowest BCUT2D eigenvalue weighted by Gasteiger charge is -2.15. The lowest BCUT2D eigenvalue weighted by molar-refractivity contribution is -0.121. The number of hydrogen-bond acceptors (Lipinski definition) is 5. The number of rotatable bonds is 8. The van der Waals surface area contributed by atoms with Crippen molar-refractivity contribution in [3.8, 4) is 5.75 Å². The highest BCUT2D eigenvalue weighted by Crippen LogP contribution is 2.31. The van der Waals surface area contributed by atoms with Crippen molar-refractivity contribution in [1.29, 1.82) is 0 Å². The van der Waals surface area contributed by atoms with Gasteiger partial charge in [0, 0.05) is 24.3 Å². The van der Waals surface area contributed by atoms with Gasteiger partial charge in [0.05, 0.1) is 17.5 Å². The normalized spacial score (nSPS) is 16.2. The second-order valence-corrected chi connectivity index (χ2v) is 8.03. The van der Waals surface area contributed by atoms with Gasteiger partial charge in [0.15, 0.2) is 0 Å². The Morgan fingerprint density at radius 2 is 1.83 bits per heavy atom. The summed E-state index contributed by atoms with van der Waals surface area (Å²) in [7, 11) is 0. The summed E-state index contributed by atoms with van der Waals surface area (Å²) in [5.41, 5.74) is 2.42. The number of nitrogens with zero attached hydrogens (tertiary/aromatic N) is 1. The number of carbonyl (C=O) groups is 3. The van der Waals surface area contributed by atoms with Crippen LogP contribution in [0.25, 0.3) is 0 Å². The molecule has 1 aliphatic rings. The van der Waals surface area contributed by atoms with Gasteiger partial charge in [-0.1, -0.05) is 17.7 Å². The van der Waals surface area contributed by atoms with Gasteiger partial charge in [-0.25, -0.2) is 4.90 Å². The monoisotopic (exact) mass is 412 g/mol. The molecular formula is C22H24N2O4S. The number of hydrogen-bond donors (Lipinski definition) is 1. The Kier molecular flexibility index (Phi) is 6.93. The Hall–Kier alpha value is -2.80. The Bertz CT molecular complexity index is 881. The number of thioether (sulfide) groups is 1. The first kappa shape index (κ1) is 20.9. The quantitative estimate of drug-likeness (QED) is 0.668. The third-order valence-electron chi connectivity index (χ3n) is 4.49. The van der Waals surface area contributed by atoms with Gasteiger partial charge >= 0.3 is 0 Å². The number of anilines is 2. The summed E-state index contributed by atoms with van der Waals surface area (Å²) in [4.78, 5) is 38.3. The van der Waals surface area contributed by atoms with Crippen LogP contribution in [0.2, 0.25) is 0 Å².